The molecule has 2 saturated heterocycles. The maximum Gasteiger partial charge on any atom is 0.227 e. The molecule has 2 fully saturated rings. The lowest BCUT2D eigenvalue weighted by Gasteiger charge is -2.43. The Morgan fingerprint density at radius 2 is 1.69 bits per heavy atom. The molecule has 0 bridgehead atoms. The number of morpholine rings is 2. The Kier molecular flexibility index (Phi) is 8.20. The number of methoxy groups -OCH3 is 1. The molecule has 188 valence electrons. The molecule has 0 aromatic heterocycles. The van der Waals surface area contributed by atoms with Crippen LogP contribution in [0.1, 0.15) is 12.0 Å². The van der Waals surface area contributed by atoms with Crippen molar-refractivity contribution >= 4 is 11.8 Å². The van der Waals surface area contributed by atoms with Crippen LogP contribution < -0.4 is 9.47 Å². The van der Waals surface area contributed by atoms with Gasteiger partial charge in [-0.25, -0.2) is 4.39 Å². The summed E-state index contributed by atoms with van der Waals surface area (Å²) in [7, 11) is 1.58. The van der Waals surface area contributed by atoms with E-state index >= 15 is 0 Å². The second-order valence-corrected chi connectivity index (χ2v) is 8.75. The molecule has 0 radical (unpaired) electrons. The maximum atomic E-state index is 13.3. The fourth-order valence-corrected chi connectivity index (χ4v) is 4.37. The van der Waals surface area contributed by atoms with Gasteiger partial charge in [0.15, 0.2) is 0 Å². The molecule has 2 heterocycles. The second kappa shape index (κ2) is 11.5. The van der Waals surface area contributed by atoms with Gasteiger partial charge in [0.2, 0.25) is 11.8 Å². The van der Waals surface area contributed by atoms with Crippen molar-refractivity contribution in [1.29, 1.82) is 0 Å². The van der Waals surface area contributed by atoms with E-state index in [-0.39, 0.29) is 50.2 Å². The van der Waals surface area contributed by atoms with Crippen molar-refractivity contribution in [2.45, 2.75) is 18.4 Å². The summed E-state index contributed by atoms with van der Waals surface area (Å²) < 4.78 is 36.1. The zero-order chi connectivity index (χ0) is 24.7. The standard InChI is InChI=1S/C26H31FN2O6/c1-32-23-5-3-2-4-20(23)16-24(30)29-12-15-35-26(18-29,17-25(31)28-10-13-33-14-11-28)19-34-22-8-6-21(27)7-9-22/h2-9H,10-19H2,1H3. The molecule has 4 rings (SSSR count). The van der Waals surface area contributed by atoms with Crippen molar-refractivity contribution in [3.8, 4) is 11.5 Å². The van der Waals surface area contributed by atoms with Crippen molar-refractivity contribution in [3.05, 3.63) is 59.9 Å². The van der Waals surface area contributed by atoms with Gasteiger partial charge in [0.05, 0.1) is 46.3 Å². The Balaban J connectivity index is 1.49. The van der Waals surface area contributed by atoms with Crippen LogP contribution in [0.4, 0.5) is 4.39 Å². The Bertz CT molecular complexity index is 1010. The highest BCUT2D eigenvalue weighted by atomic mass is 19.1. The number of nitrogens with zero attached hydrogens (tertiary/aromatic N) is 2. The number of ether oxygens (including phenoxy) is 4. The smallest absolute Gasteiger partial charge is 0.227 e. The Morgan fingerprint density at radius 3 is 2.43 bits per heavy atom. The van der Waals surface area contributed by atoms with Crippen molar-refractivity contribution < 1.29 is 32.9 Å². The highest BCUT2D eigenvalue weighted by Crippen LogP contribution is 2.27. The lowest BCUT2D eigenvalue weighted by atomic mass is 9.96. The monoisotopic (exact) mass is 486 g/mol. The van der Waals surface area contributed by atoms with Crippen LogP contribution in [0.3, 0.4) is 0 Å². The van der Waals surface area contributed by atoms with Gasteiger partial charge in [-0.15, -0.1) is 0 Å². The van der Waals surface area contributed by atoms with E-state index in [1.54, 1.807) is 16.9 Å². The zero-order valence-electron chi connectivity index (χ0n) is 19.9. The number of carbonyl (C=O) groups excluding carboxylic acids is 2. The third kappa shape index (κ3) is 6.49. The largest absolute Gasteiger partial charge is 0.496 e. The van der Waals surface area contributed by atoms with Crippen LogP contribution in [0.5, 0.6) is 11.5 Å². The normalized spacial score (nSPS) is 20.4. The first-order valence-corrected chi connectivity index (χ1v) is 11.8. The van der Waals surface area contributed by atoms with Crippen LogP contribution in [0.25, 0.3) is 0 Å². The summed E-state index contributed by atoms with van der Waals surface area (Å²) in [6.45, 7) is 2.98. The summed E-state index contributed by atoms with van der Waals surface area (Å²) in [6, 6.07) is 13.1. The predicted molar refractivity (Wildman–Crippen MR) is 126 cm³/mol. The van der Waals surface area contributed by atoms with Gasteiger partial charge in [-0.05, 0) is 30.3 Å². The first-order valence-electron chi connectivity index (χ1n) is 11.8. The first-order chi connectivity index (χ1) is 17.0. The molecule has 2 aromatic rings. The average Bonchev–Trinajstić information content (AvgIpc) is 2.89. The van der Waals surface area contributed by atoms with Crippen LogP contribution in [-0.2, 0) is 25.5 Å². The second-order valence-electron chi connectivity index (χ2n) is 8.75. The predicted octanol–water partition coefficient (Wildman–Crippen LogP) is 2.30. The number of halogens is 1. The van der Waals surface area contributed by atoms with E-state index in [2.05, 4.69) is 0 Å². The number of amides is 2. The van der Waals surface area contributed by atoms with Crippen LogP contribution >= 0.6 is 0 Å². The quantitative estimate of drug-likeness (QED) is 0.570. The molecule has 2 amide bonds. The van der Waals surface area contributed by atoms with Crippen LogP contribution in [-0.4, -0.2) is 86.9 Å². The number of carbonyl (C=O) groups is 2. The summed E-state index contributed by atoms with van der Waals surface area (Å²) in [4.78, 5) is 29.9. The van der Waals surface area contributed by atoms with E-state index in [1.807, 2.05) is 24.3 Å². The van der Waals surface area contributed by atoms with Gasteiger partial charge in [-0.3, -0.25) is 9.59 Å². The number of hydrogen-bond acceptors (Lipinski definition) is 6. The van der Waals surface area contributed by atoms with Crippen LogP contribution in [0.2, 0.25) is 0 Å². The SMILES string of the molecule is COc1ccccc1CC(=O)N1CCOC(COc2ccc(F)cc2)(CC(=O)N2CCOCC2)C1. The molecule has 0 aliphatic carbocycles. The fraction of sp³-hybridized carbons (Fsp3) is 0.462. The van der Waals surface area contributed by atoms with Gasteiger partial charge < -0.3 is 28.7 Å². The van der Waals surface area contributed by atoms with Crippen LogP contribution in [0.15, 0.2) is 48.5 Å². The van der Waals surface area contributed by atoms with Gasteiger partial charge in [-0.1, -0.05) is 18.2 Å². The zero-order valence-corrected chi connectivity index (χ0v) is 19.9. The molecular formula is C26H31FN2O6. The molecule has 0 saturated carbocycles. The van der Waals surface area contributed by atoms with E-state index in [9.17, 15) is 14.0 Å². The minimum atomic E-state index is -1.03. The molecule has 2 aliphatic heterocycles. The van der Waals surface area contributed by atoms with E-state index < -0.39 is 5.60 Å². The van der Waals surface area contributed by atoms with Gasteiger partial charge in [0.1, 0.15) is 29.5 Å². The summed E-state index contributed by atoms with van der Waals surface area (Å²) in [5, 5.41) is 0. The molecular weight excluding hydrogens is 455 g/mol. The fourth-order valence-electron chi connectivity index (χ4n) is 4.37. The van der Waals surface area contributed by atoms with Crippen molar-refractivity contribution in [1.82, 2.24) is 9.80 Å². The van der Waals surface area contributed by atoms with Gasteiger partial charge in [0.25, 0.3) is 0 Å². The highest BCUT2D eigenvalue weighted by Gasteiger charge is 2.42. The van der Waals surface area contributed by atoms with E-state index in [4.69, 9.17) is 18.9 Å². The van der Waals surface area contributed by atoms with Gasteiger partial charge in [0, 0.05) is 25.2 Å². The summed E-state index contributed by atoms with van der Waals surface area (Å²) in [6.07, 6.45) is 0.239. The molecule has 8 nitrogen and oxygen atoms in total. The molecule has 2 aromatic carbocycles. The highest BCUT2D eigenvalue weighted by molar-refractivity contribution is 5.80. The molecule has 1 unspecified atom stereocenters. The van der Waals surface area contributed by atoms with E-state index in [0.717, 1.165) is 5.56 Å². The Labute approximate surface area is 204 Å². The number of rotatable bonds is 8. The van der Waals surface area contributed by atoms with Crippen molar-refractivity contribution in [3.63, 3.8) is 0 Å². The molecule has 1 atom stereocenters. The number of para-hydroxylation sites is 1. The topological polar surface area (TPSA) is 77.5 Å². The number of benzene rings is 2. The van der Waals surface area contributed by atoms with Crippen molar-refractivity contribution in [2.75, 3.05) is 59.7 Å². The lowest BCUT2D eigenvalue weighted by molar-refractivity contribution is -0.167. The summed E-state index contributed by atoms with van der Waals surface area (Å²) in [5.41, 5.74) is -0.234. The number of hydrogen-bond donors (Lipinski definition) is 0. The maximum absolute atomic E-state index is 13.3. The third-order valence-corrected chi connectivity index (χ3v) is 6.29. The van der Waals surface area contributed by atoms with E-state index in [1.165, 1.54) is 24.3 Å². The van der Waals surface area contributed by atoms with Gasteiger partial charge in [-0.2, -0.15) is 0 Å². The van der Waals surface area contributed by atoms with E-state index in [0.29, 0.717) is 44.3 Å². The molecule has 0 spiro atoms. The first kappa shape index (κ1) is 24.9. The minimum Gasteiger partial charge on any atom is -0.496 e. The van der Waals surface area contributed by atoms with Crippen LogP contribution in [0, 0.1) is 5.82 Å². The average molecular weight is 487 g/mol. The molecule has 0 N–H and O–H groups in total. The van der Waals surface area contributed by atoms with Crippen molar-refractivity contribution in [2.24, 2.45) is 0 Å². The molecule has 2 aliphatic rings. The molecule has 35 heavy (non-hydrogen) atoms. The van der Waals surface area contributed by atoms with Gasteiger partial charge >= 0.3 is 0 Å². The molecule has 9 heteroatoms. The summed E-state index contributed by atoms with van der Waals surface area (Å²) >= 11 is 0. The Morgan fingerprint density at radius 1 is 0.971 bits per heavy atom. The Hall–Kier alpha value is -3.17. The lowest BCUT2D eigenvalue weighted by Crippen LogP contribution is -2.59. The summed E-state index contributed by atoms with van der Waals surface area (Å²) in [5.74, 6) is 0.600. The minimum absolute atomic E-state index is 0.0488. The third-order valence-electron chi connectivity index (χ3n) is 6.29.